The Balaban J connectivity index is 1.56. The highest BCUT2D eigenvalue weighted by Gasteiger charge is 2.30. The van der Waals surface area contributed by atoms with E-state index in [4.69, 9.17) is 11.1 Å². The number of amidine groups is 1. The normalized spacial score (nSPS) is 21.5. The fourth-order valence-corrected chi connectivity index (χ4v) is 2.82. The van der Waals surface area contributed by atoms with Crippen molar-refractivity contribution in [3.63, 3.8) is 0 Å². The zero-order chi connectivity index (χ0) is 13.2. The van der Waals surface area contributed by atoms with Gasteiger partial charge in [0, 0.05) is 44.3 Å². The molecule has 1 aromatic rings. The van der Waals surface area contributed by atoms with Crippen LogP contribution in [0, 0.1) is 5.41 Å². The summed E-state index contributed by atoms with van der Waals surface area (Å²) in [5.74, 6) is 0.153. The van der Waals surface area contributed by atoms with Crippen LogP contribution in [-0.4, -0.2) is 47.9 Å². The van der Waals surface area contributed by atoms with E-state index >= 15 is 0 Å². The minimum atomic E-state index is 0.153. The van der Waals surface area contributed by atoms with E-state index in [0.29, 0.717) is 0 Å². The molecular formula is C15H22N4. The van der Waals surface area contributed by atoms with E-state index in [-0.39, 0.29) is 5.84 Å². The second-order valence-corrected chi connectivity index (χ2v) is 5.66. The lowest BCUT2D eigenvalue weighted by atomic mass is 10.1. The maximum atomic E-state index is 7.49. The Kier molecular flexibility index (Phi) is 3.53. The summed E-state index contributed by atoms with van der Waals surface area (Å²) in [7, 11) is 0. The van der Waals surface area contributed by atoms with Gasteiger partial charge in [0.2, 0.25) is 0 Å². The van der Waals surface area contributed by atoms with Crippen LogP contribution in [0.2, 0.25) is 0 Å². The first-order chi connectivity index (χ1) is 9.22. The summed E-state index contributed by atoms with van der Waals surface area (Å²) in [5, 5.41) is 7.49. The molecule has 19 heavy (non-hydrogen) atoms. The number of hydrogen-bond donors (Lipinski definition) is 2. The van der Waals surface area contributed by atoms with Gasteiger partial charge in [0.25, 0.3) is 0 Å². The quantitative estimate of drug-likeness (QED) is 0.631. The second-order valence-electron chi connectivity index (χ2n) is 5.66. The molecule has 0 aromatic heterocycles. The van der Waals surface area contributed by atoms with Crippen LogP contribution in [0.3, 0.4) is 0 Å². The van der Waals surface area contributed by atoms with E-state index in [1.807, 2.05) is 18.2 Å². The Morgan fingerprint density at radius 2 is 1.95 bits per heavy atom. The zero-order valence-electron chi connectivity index (χ0n) is 11.3. The Hall–Kier alpha value is -1.39. The van der Waals surface area contributed by atoms with Gasteiger partial charge in [-0.1, -0.05) is 18.2 Å². The number of benzene rings is 1. The molecule has 102 valence electrons. The number of hydrogen-bond acceptors (Lipinski definition) is 3. The third kappa shape index (κ3) is 3.14. The van der Waals surface area contributed by atoms with Gasteiger partial charge in [0.05, 0.1) is 0 Å². The molecule has 0 radical (unpaired) electrons. The van der Waals surface area contributed by atoms with E-state index in [1.165, 1.54) is 31.5 Å². The van der Waals surface area contributed by atoms with Crippen molar-refractivity contribution in [3.8, 4) is 0 Å². The van der Waals surface area contributed by atoms with Gasteiger partial charge in [-0.3, -0.25) is 15.2 Å². The lowest BCUT2D eigenvalue weighted by Crippen LogP contribution is -2.46. The number of nitrogens with zero attached hydrogens (tertiary/aromatic N) is 2. The molecule has 0 unspecified atom stereocenters. The predicted octanol–water partition coefficient (Wildman–Crippen LogP) is 1.25. The highest BCUT2D eigenvalue weighted by atomic mass is 15.3. The first-order valence-corrected chi connectivity index (χ1v) is 7.12. The fourth-order valence-electron chi connectivity index (χ4n) is 2.82. The maximum absolute atomic E-state index is 7.49. The van der Waals surface area contributed by atoms with Gasteiger partial charge in [-0.15, -0.1) is 0 Å². The molecule has 0 atom stereocenters. The third-order valence-electron chi connectivity index (χ3n) is 4.11. The molecule has 2 fully saturated rings. The lowest BCUT2D eigenvalue weighted by molar-refractivity contribution is 0.121. The average Bonchev–Trinajstić information content (AvgIpc) is 3.24. The molecule has 1 saturated heterocycles. The van der Waals surface area contributed by atoms with Crippen molar-refractivity contribution in [2.45, 2.75) is 25.4 Å². The summed E-state index contributed by atoms with van der Waals surface area (Å²) in [4.78, 5) is 5.13. The molecule has 4 nitrogen and oxygen atoms in total. The van der Waals surface area contributed by atoms with Gasteiger partial charge in [-0.05, 0) is 24.5 Å². The van der Waals surface area contributed by atoms with Crippen LogP contribution in [0.15, 0.2) is 24.3 Å². The molecule has 3 rings (SSSR count). The van der Waals surface area contributed by atoms with Crippen molar-refractivity contribution >= 4 is 5.84 Å². The van der Waals surface area contributed by atoms with Crippen LogP contribution >= 0.6 is 0 Å². The van der Waals surface area contributed by atoms with Crippen LogP contribution in [0.5, 0.6) is 0 Å². The Bertz CT molecular complexity index is 459. The van der Waals surface area contributed by atoms with Crippen LogP contribution in [0.4, 0.5) is 0 Å². The van der Waals surface area contributed by atoms with Crippen LogP contribution in [0.1, 0.15) is 24.0 Å². The van der Waals surface area contributed by atoms with Crippen molar-refractivity contribution in [2.75, 3.05) is 26.2 Å². The van der Waals surface area contributed by atoms with Crippen molar-refractivity contribution in [2.24, 2.45) is 5.73 Å². The molecule has 0 bridgehead atoms. The fraction of sp³-hybridized carbons (Fsp3) is 0.533. The van der Waals surface area contributed by atoms with Gasteiger partial charge < -0.3 is 5.73 Å². The molecule has 1 aliphatic carbocycles. The van der Waals surface area contributed by atoms with Crippen LogP contribution in [0.25, 0.3) is 0 Å². The van der Waals surface area contributed by atoms with Gasteiger partial charge >= 0.3 is 0 Å². The standard InChI is InChI=1S/C15H22N4/c16-15(17)13-3-1-2-12(10-13)11-18-6-8-19(9-7-18)14-4-5-14/h1-3,10,14H,4-9,11H2,(H3,16,17). The van der Waals surface area contributed by atoms with Crippen LogP contribution in [-0.2, 0) is 6.54 Å². The molecule has 1 aliphatic heterocycles. The maximum Gasteiger partial charge on any atom is 0.122 e. The van der Waals surface area contributed by atoms with E-state index < -0.39 is 0 Å². The first-order valence-electron chi connectivity index (χ1n) is 7.12. The largest absolute Gasteiger partial charge is 0.384 e. The molecular weight excluding hydrogens is 236 g/mol. The number of rotatable bonds is 4. The van der Waals surface area contributed by atoms with E-state index in [9.17, 15) is 0 Å². The van der Waals surface area contributed by atoms with Crippen molar-refractivity contribution in [3.05, 3.63) is 35.4 Å². The summed E-state index contributed by atoms with van der Waals surface area (Å²) in [6.07, 6.45) is 2.81. The molecule has 3 N–H and O–H groups in total. The van der Waals surface area contributed by atoms with Gasteiger partial charge in [0.15, 0.2) is 0 Å². The second kappa shape index (κ2) is 5.31. The van der Waals surface area contributed by atoms with Crippen molar-refractivity contribution < 1.29 is 0 Å². The smallest absolute Gasteiger partial charge is 0.122 e. The average molecular weight is 258 g/mol. The summed E-state index contributed by atoms with van der Waals surface area (Å²) in [6, 6.07) is 8.95. The molecule has 4 heteroatoms. The topological polar surface area (TPSA) is 56.4 Å². The summed E-state index contributed by atoms with van der Waals surface area (Å²) < 4.78 is 0. The van der Waals surface area contributed by atoms with E-state index in [1.54, 1.807) is 0 Å². The van der Waals surface area contributed by atoms with E-state index in [0.717, 1.165) is 31.2 Å². The van der Waals surface area contributed by atoms with Crippen LogP contribution < -0.4 is 5.73 Å². The molecule has 2 aliphatic rings. The number of nitrogen functional groups attached to an aromatic ring is 1. The van der Waals surface area contributed by atoms with Gasteiger partial charge in [-0.2, -0.15) is 0 Å². The van der Waals surface area contributed by atoms with E-state index in [2.05, 4.69) is 15.9 Å². The number of piperazine rings is 1. The Morgan fingerprint density at radius 3 is 2.58 bits per heavy atom. The highest BCUT2D eigenvalue weighted by Crippen LogP contribution is 2.27. The molecule has 1 aromatic carbocycles. The molecule has 1 saturated carbocycles. The lowest BCUT2D eigenvalue weighted by Gasteiger charge is -2.34. The molecule has 0 spiro atoms. The molecule has 1 heterocycles. The number of nitrogens with one attached hydrogen (secondary N) is 1. The van der Waals surface area contributed by atoms with Crippen molar-refractivity contribution in [1.29, 1.82) is 5.41 Å². The molecule has 0 amide bonds. The van der Waals surface area contributed by atoms with Crippen molar-refractivity contribution in [1.82, 2.24) is 9.80 Å². The van der Waals surface area contributed by atoms with Gasteiger partial charge in [0.1, 0.15) is 5.84 Å². The summed E-state index contributed by atoms with van der Waals surface area (Å²) in [5.41, 5.74) is 7.62. The SMILES string of the molecule is N=C(N)c1cccc(CN2CCN(C3CC3)CC2)c1. The predicted molar refractivity (Wildman–Crippen MR) is 77.3 cm³/mol. The third-order valence-corrected chi connectivity index (χ3v) is 4.11. The van der Waals surface area contributed by atoms with Gasteiger partial charge in [-0.25, -0.2) is 0 Å². The number of nitrogens with two attached hydrogens (primary N) is 1. The Morgan fingerprint density at radius 1 is 1.21 bits per heavy atom. The first kappa shape index (κ1) is 12.6. The summed E-state index contributed by atoms with van der Waals surface area (Å²) in [6.45, 7) is 5.69. The Labute approximate surface area is 114 Å². The minimum Gasteiger partial charge on any atom is -0.384 e. The minimum absolute atomic E-state index is 0.153. The zero-order valence-corrected chi connectivity index (χ0v) is 11.3. The summed E-state index contributed by atoms with van der Waals surface area (Å²) >= 11 is 0. The highest BCUT2D eigenvalue weighted by molar-refractivity contribution is 5.95. The monoisotopic (exact) mass is 258 g/mol.